The molecule has 1 heterocycles. The van der Waals surface area contributed by atoms with Crippen LogP contribution in [0.4, 0.5) is 0 Å². The summed E-state index contributed by atoms with van der Waals surface area (Å²) < 4.78 is 5.34. The second-order valence-corrected chi connectivity index (χ2v) is 4.12. The quantitative estimate of drug-likeness (QED) is 0.479. The molecule has 0 spiro atoms. The summed E-state index contributed by atoms with van der Waals surface area (Å²) in [5.41, 5.74) is -0.184. The monoisotopic (exact) mass is 180 g/mol. The van der Waals surface area contributed by atoms with Gasteiger partial charge in [0, 0.05) is 6.61 Å². The lowest BCUT2D eigenvalue weighted by atomic mass is 9.72. The molecule has 1 fully saturated rings. The van der Waals surface area contributed by atoms with Gasteiger partial charge in [-0.05, 0) is 31.6 Å². The standard InChI is InChI=1S/C11H16O2/c12-8-11(6-7-13-9-11)10-4-2-1-3-5-10/h2,4,8,10H,1,3,5-7,9H2. The molecule has 2 heteroatoms. The van der Waals surface area contributed by atoms with Crippen LogP contribution in [0.25, 0.3) is 0 Å². The zero-order valence-corrected chi connectivity index (χ0v) is 7.87. The smallest absolute Gasteiger partial charge is 0.129 e. The van der Waals surface area contributed by atoms with Gasteiger partial charge in [0.05, 0.1) is 12.0 Å². The molecule has 0 saturated carbocycles. The maximum Gasteiger partial charge on any atom is 0.129 e. The van der Waals surface area contributed by atoms with E-state index in [2.05, 4.69) is 12.2 Å². The number of carbonyl (C=O) groups excluding carboxylic acids is 1. The molecule has 0 radical (unpaired) electrons. The summed E-state index contributed by atoms with van der Waals surface area (Å²) >= 11 is 0. The van der Waals surface area contributed by atoms with E-state index in [-0.39, 0.29) is 5.41 Å². The minimum atomic E-state index is -0.184. The molecule has 72 valence electrons. The lowest BCUT2D eigenvalue weighted by Gasteiger charge is -2.30. The topological polar surface area (TPSA) is 26.3 Å². The molecule has 0 amide bonds. The number of ether oxygens (including phenoxy) is 1. The number of rotatable bonds is 2. The zero-order valence-electron chi connectivity index (χ0n) is 7.87. The molecule has 0 aromatic heterocycles. The first-order valence-electron chi connectivity index (χ1n) is 5.08. The van der Waals surface area contributed by atoms with Crippen LogP contribution >= 0.6 is 0 Å². The Labute approximate surface area is 79.0 Å². The van der Waals surface area contributed by atoms with Crippen molar-refractivity contribution in [3.8, 4) is 0 Å². The van der Waals surface area contributed by atoms with E-state index in [9.17, 15) is 4.79 Å². The number of allylic oxidation sites excluding steroid dienone is 2. The molecule has 0 aromatic carbocycles. The van der Waals surface area contributed by atoms with Crippen molar-refractivity contribution >= 4 is 6.29 Å². The third-order valence-corrected chi connectivity index (χ3v) is 3.31. The normalized spacial score (nSPS) is 39.2. The highest BCUT2D eigenvalue weighted by atomic mass is 16.5. The van der Waals surface area contributed by atoms with Crippen molar-refractivity contribution < 1.29 is 9.53 Å². The van der Waals surface area contributed by atoms with E-state index in [1.54, 1.807) is 0 Å². The van der Waals surface area contributed by atoms with Crippen molar-refractivity contribution in [2.75, 3.05) is 13.2 Å². The highest BCUT2D eigenvalue weighted by Gasteiger charge is 2.41. The highest BCUT2D eigenvalue weighted by molar-refractivity contribution is 5.61. The van der Waals surface area contributed by atoms with Crippen LogP contribution in [0.5, 0.6) is 0 Å². The van der Waals surface area contributed by atoms with Gasteiger partial charge in [0.25, 0.3) is 0 Å². The number of carbonyl (C=O) groups is 1. The van der Waals surface area contributed by atoms with Gasteiger partial charge in [-0.2, -0.15) is 0 Å². The zero-order chi connectivity index (χ0) is 9.15. The van der Waals surface area contributed by atoms with Crippen LogP contribution in [0.2, 0.25) is 0 Å². The Kier molecular flexibility index (Phi) is 2.49. The summed E-state index contributed by atoms with van der Waals surface area (Å²) in [7, 11) is 0. The van der Waals surface area contributed by atoms with Crippen molar-refractivity contribution in [3.63, 3.8) is 0 Å². The number of hydrogen-bond donors (Lipinski definition) is 0. The fourth-order valence-corrected chi connectivity index (χ4v) is 2.36. The van der Waals surface area contributed by atoms with Crippen molar-refractivity contribution in [1.29, 1.82) is 0 Å². The van der Waals surface area contributed by atoms with E-state index in [4.69, 9.17) is 4.74 Å². The van der Waals surface area contributed by atoms with Crippen molar-refractivity contribution in [1.82, 2.24) is 0 Å². The maximum absolute atomic E-state index is 11.1. The Morgan fingerprint density at radius 2 is 2.46 bits per heavy atom. The first kappa shape index (κ1) is 8.95. The summed E-state index contributed by atoms with van der Waals surface area (Å²) in [6.45, 7) is 1.38. The van der Waals surface area contributed by atoms with Gasteiger partial charge in [-0.25, -0.2) is 0 Å². The van der Waals surface area contributed by atoms with E-state index in [1.807, 2.05) is 0 Å². The molecule has 13 heavy (non-hydrogen) atoms. The fraction of sp³-hybridized carbons (Fsp3) is 0.727. The molecule has 1 aliphatic heterocycles. The Balaban J connectivity index is 2.14. The van der Waals surface area contributed by atoms with Crippen molar-refractivity contribution in [2.24, 2.45) is 11.3 Å². The molecule has 2 unspecified atom stereocenters. The fourth-order valence-electron chi connectivity index (χ4n) is 2.36. The summed E-state index contributed by atoms with van der Waals surface area (Å²) in [5.74, 6) is 0.432. The Bertz CT molecular complexity index is 214. The minimum absolute atomic E-state index is 0.184. The highest BCUT2D eigenvalue weighted by Crippen LogP contribution is 2.39. The Morgan fingerprint density at radius 1 is 1.54 bits per heavy atom. The van der Waals surface area contributed by atoms with Crippen LogP contribution in [0.3, 0.4) is 0 Å². The van der Waals surface area contributed by atoms with Crippen molar-refractivity contribution in [2.45, 2.75) is 25.7 Å². The van der Waals surface area contributed by atoms with Gasteiger partial charge in [-0.3, -0.25) is 0 Å². The van der Waals surface area contributed by atoms with Crippen LogP contribution in [-0.2, 0) is 9.53 Å². The molecule has 0 bridgehead atoms. The van der Waals surface area contributed by atoms with Crippen LogP contribution in [-0.4, -0.2) is 19.5 Å². The van der Waals surface area contributed by atoms with Crippen LogP contribution in [0, 0.1) is 11.3 Å². The predicted molar refractivity (Wildman–Crippen MR) is 50.4 cm³/mol. The molecule has 1 aliphatic carbocycles. The van der Waals surface area contributed by atoms with E-state index in [0.717, 1.165) is 25.7 Å². The van der Waals surface area contributed by atoms with Gasteiger partial charge >= 0.3 is 0 Å². The van der Waals surface area contributed by atoms with E-state index in [1.165, 1.54) is 12.8 Å². The van der Waals surface area contributed by atoms with Crippen LogP contribution in [0.15, 0.2) is 12.2 Å². The van der Waals surface area contributed by atoms with Crippen LogP contribution in [0.1, 0.15) is 25.7 Å². The predicted octanol–water partition coefficient (Wildman–Crippen LogP) is 1.95. The van der Waals surface area contributed by atoms with E-state index >= 15 is 0 Å². The lowest BCUT2D eigenvalue weighted by molar-refractivity contribution is -0.118. The molecular formula is C11H16O2. The molecule has 2 rings (SSSR count). The largest absolute Gasteiger partial charge is 0.380 e. The van der Waals surface area contributed by atoms with Gasteiger partial charge < -0.3 is 9.53 Å². The molecule has 1 saturated heterocycles. The molecule has 2 nitrogen and oxygen atoms in total. The second kappa shape index (κ2) is 3.62. The van der Waals surface area contributed by atoms with E-state index < -0.39 is 0 Å². The average Bonchev–Trinajstić information content (AvgIpc) is 2.69. The van der Waals surface area contributed by atoms with Gasteiger partial charge in [-0.15, -0.1) is 0 Å². The first-order valence-corrected chi connectivity index (χ1v) is 5.08. The number of aldehydes is 1. The molecular weight excluding hydrogens is 164 g/mol. The lowest BCUT2D eigenvalue weighted by Crippen LogP contribution is -2.32. The summed E-state index contributed by atoms with van der Waals surface area (Å²) in [6, 6.07) is 0. The third kappa shape index (κ3) is 1.55. The molecule has 2 atom stereocenters. The second-order valence-electron chi connectivity index (χ2n) is 4.12. The average molecular weight is 180 g/mol. The van der Waals surface area contributed by atoms with Gasteiger partial charge in [0.1, 0.15) is 6.29 Å². The van der Waals surface area contributed by atoms with E-state index in [0.29, 0.717) is 12.5 Å². The van der Waals surface area contributed by atoms with Gasteiger partial charge in [0.15, 0.2) is 0 Å². The molecule has 0 N–H and O–H groups in total. The van der Waals surface area contributed by atoms with Crippen molar-refractivity contribution in [3.05, 3.63) is 12.2 Å². The maximum atomic E-state index is 11.1. The summed E-state index contributed by atoms with van der Waals surface area (Å²) in [6.07, 6.45) is 10.00. The minimum Gasteiger partial charge on any atom is -0.380 e. The molecule has 2 aliphatic rings. The van der Waals surface area contributed by atoms with Crippen LogP contribution < -0.4 is 0 Å². The molecule has 0 aromatic rings. The summed E-state index contributed by atoms with van der Waals surface area (Å²) in [4.78, 5) is 11.1. The SMILES string of the molecule is O=CC1(C2C=CCCC2)CCOC1. The number of hydrogen-bond acceptors (Lipinski definition) is 2. The Morgan fingerprint density at radius 3 is 3.00 bits per heavy atom. The summed E-state index contributed by atoms with van der Waals surface area (Å²) in [5, 5.41) is 0. The van der Waals surface area contributed by atoms with Gasteiger partial charge in [0.2, 0.25) is 0 Å². The van der Waals surface area contributed by atoms with Gasteiger partial charge in [-0.1, -0.05) is 12.2 Å². The third-order valence-electron chi connectivity index (χ3n) is 3.31. The first-order chi connectivity index (χ1) is 6.37. The Hall–Kier alpha value is -0.630.